The lowest BCUT2D eigenvalue weighted by atomic mass is 10.0. The average molecular weight is 326 g/mol. The van der Waals surface area contributed by atoms with Crippen LogP contribution in [0.1, 0.15) is 36.9 Å². The van der Waals surface area contributed by atoms with Crippen LogP contribution in [0, 0.1) is 0 Å². The molecule has 2 N–H and O–H groups in total. The zero-order chi connectivity index (χ0) is 15.2. The molecule has 1 amide bonds. The van der Waals surface area contributed by atoms with Crippen LogP contribution in [-0.4, -0.2) is 44.0 Å². The number of benzene rings is 1. The van der Waals surface area contributed by atoms with Gasteiger partial charge in [0.2, 0.25) is 5.91 Å². The van der Waals surface area contributed by atoms with Gasteiger partial charge in [-0.2, -0.15) is 0 Å². The maximum Gasteiger partial charge on any atom is 0.237 e. The molecule has 2 rings (SSSR count). The number of hydrogen-bond donors (Lipinski definition) is 2. The van der Waals surface area contributed by atoms with Crippen LogP contribution in [0.4, 0.5) is 0 Å². The van der Waals surface area contributed by atoms with Gasteiger partial charge in [-0.05, 0) is 51.0 Å². The summed E-state index contributed by atoms with van der Waals surface area (Å²) in [6.07, 6.45) is 3.09. The van der Waals surface area contributed by atoms with Crippen molar-refractivity contribution in [3.05, 3.63) is 35.4 Å². The monoisotopic (exact) mass is 325 g/mol. The molecule has 5 heteroatoms. The summed E-state index contributed by atoms with van der Waals surface area (Å²) in [6, 6.07) is 8.89. The maximum atomic E-state index is 12.1. The molecule has 22 heavy (non-hydrogen) atoms. The standard InChI is InChI=1S/C17H27N3O.ClH/c1-4-13-7-9-14(10-8-13)16(20(2)3)12-19-17(21)15-6-5-11-18-15;/h7-10,15-16,18H,4-6,11-12H2,1-3H3,(H,19,21);1H. The predicted molar refractivity (Wildman–Crippen MR) is 93.5 cm³/mol. The van der Waals surface area contributed by atoms with Crippen LogP contribution in [0.15, 0.2) is 24.3 Å². The lowest BCUT2D eigenvalue weighted by molar-refractivity contribution is -0.123. The largest absolute Gasteiger partial charge is 0.353 e. The fourth-order valence-electron chi connectivity index (χ4n) is 2.80. The number of hydrogen-bond acceptors (Lipinski definition) is 3. The molecule has 1 aromatic carbocycles. The van der Waals surface area contributed by atoms with Crippen LogP contribution in [0.2, 0.25) is 0 Å². The Balaban J connectivity index is 0.00000242. The second-order valence-electron chi connectivity index (χ2n) is 5.97. The van der Waals surface area contributed by atoms with Gasteiger partial charge in [0.1, 0.15) is 0 Å². The van der Waals surface area contributed by atoms with Crippen molar-refractivity contribution >= 4 is 18.3 Å². The molecule has 2 atom stereocenters. The lowest BCUT2D eigenvalue weighted by Gasteiger charge is -2.26. The molecule has 1 saturated heterocycles. The van der Waals surface area contributed by atoms with Crippen molar-refractivity contribution in [3.8, 4) is 0 Å². The lowest BCUT2D eigenvalue weighted by Crippen LogP contribution is -2.43. The van der Waals surface area contributed by atoms with Crippen LogP contribution in [0.5, 0.6) is 0 Å². The molecule has 0 spiro atoms. The van der Waals surface area contributed by atoms with Crippen LogP contribution >= 0.6 is 12.4 Å². The first-order valence-corrected chi connectivity index (χ1v) is 7.88. The van der Waals surface area contributed by atoms with Crippen LogP contribution in [0.3, 0.4) is 0 Å². The van der Waals surface area contributed by atoms with E-state index < -0.39 is 0 Å². The van der Waals surface area contributed by atoms with Gasteiger partial charge in [0, 0.05) is 6.54 Å². The Labute approximate surface area is 140 Å². The molecule has 0 saturated carbocycles. The number of nitrogens with one attached hydrogen (secondary N) is 2. The van der Waals surface area contributed by atoms with Crippen molar-refractivity contribution in [1.29, 1.82) is 0 Å². The zero-order valence-corrected chi connectivity index (χ0v) is 14.6. The Morgan fingerprint density at radius 2 is 2.05 bits per heavy atom. The summed E-state index contributed by atoms with van der Waals surface area (Å²) in [7, 11) is 4.11. The van der Waals surface area contributed by atoms with Crippen molar-refractivity contribution in [2.45, 2.75) is 38.3 Å². The molecule has 124 valence electrons. The van der Waals surface area contributed by atoms with Gasteiger partial charge in [0.15, 0.2) is 0 Å². The first-order chi connectivity index (χ1) is 10.1. The molecule has 2 unspecified atom stereocenters. The van der Waals surface area contributed by atoms with Crippen LogP contribution in [-0.2, 0) is 11.2 Å². The molecule has 1 aromatic rings. The van der Waals surface area contributed by atoms with Gasteiger partial charge in [-0.15, -0.1) is 12.4 Å². The molecule has 4 nitrogen and oxygen atoms in total. The summed E-state index contributed by atoms with van der Waals surface area (Å²) in [5.41, 5.74) is 2.59. The van der Waals surface area contributed by atoms with E-state index in [9.17, 15) is 4.79 Å². The number of nitrogens with zero attached hydrogens (tertiary/aromatic N) is 1. The van der Waals surface area contributed by atoms with Crippen molar-refractivity contribution < 1.29 is 4.79 Å². The number of halogens is 1. The van der Waals surface area contributed by atoms with E-state index >= 15 is 0 Å². The molecular formula is C17H28ClN3O. The van der Waals surface area contributed by atoms with Gasteiger partial charge in [-0.25, -0.2) is 0 Å². The van der Waals surface area contributed by atoms with E-state index in [0.29, 0.717) is 6.54 Å². The van der Waals surface area contributed by atoms with E-state index in [-0.39, 0.29) is 30.4 Å². The SMILES string of the molecule is CCc1ccc(C(CNC(=O)C2CCCN2)N(C)C)cc1.Cl. The van der Waals surface area contributed by atoms with E-state index in [0.717, 1.165) is 25.8 Å². The van der Waals surface area contributed by atoms with E-state index in [1.54, 1.807) is 0 Å². The van der Waals surface area contributed by atoms with Crippen molar-refractivity contribution in [1.82, 2.24) is 15.5 Å². The molecule has 1 fully saturated rings. The van der Waals surface area contributed by atoms with Gasteiger partial charge in [0.05, 0.1) is 12.1 Å². The minimum absolute atomic E-state index is 0. The third kappa shape index (κ3) is 4.97. The van der Waals surface area contributed by atoms with E-state index in [1.807, 2.05) is 0 Å². The fourth-order valence-corrected chi connectivity index (χ4v) is 2.80. The minimum atomic E-state index is -0.00437. The maximum absolute atomic E-state index is 12.1. The second kappa shape index (κ2) is 9.13. The van der Waals surface area contributed by atoms with Gasteiger partial charge in [-0.3, -0.25) is 4.79 Å². The number of likely N-dealkylation sites (N-methyl/N-ethyl adjacent to an activating group) is 1. The number of carbonyl (C=O) groups excluding carboxylic acids is 1. The summed E-state index contributed by atoms with van der Waals surface area (Å²) in [5, 5.41) is 6.33. The number of rotatable bonds is 6. The fraction of sp³-hybridized carbons (Fsp3) is 0.588. The van der Waals surface area contributed by atoms with E-state index in [4.69, 9.17) is 0 Å². The summed E-state index contributed by atoms with van der Waals surface area (Å²) in [5.74, 6) is 0.129. The van der Waals surface area contributed by atoms with Crippen molar-refractivity contribution in [2.75, 3.05) is 27.2 Å². The molecule has 0 aliphatic carbocycles. The average Bonchev–Trinajstić information content (AvgIpc) is 3.02. The Hall–Kier alpha value is -1.10. The van der Waals surface area contributed by atoms with Crippen LogP contribution < -0.4 is 10.6 Å². The highest BCUT2D eigenvalue weighted by molar-refractivity contribution is 5.85. The van der Waals surface area contributed by atoms with Crippen molar-refractivity contribution in [2.24, 2.45) is 0 Å². The highest BCUT2D eigenvalue weighted by atomic mass is 35.5. The highest BCUT2D eigenvalue weighted by Gasteiger charge is 2.23. The number of carbonyl (C=O) groups is 1. The molecule has 1 aliphatic heterocycles. The smallest absolute Gasteiger partial charge is 0.237 e. The Morgan fingerprint density at radius 3 is 2.55 bits per heavy atom. The minimum Gasteiger partial charge on any atom is -0.353 e. The van der Waals surface area contributed by atoms with Gasteiger partial charge < -0.3 is 15.5 Å². The molecule has 0 aromatic heterocycles. The second-order valence-corrected chi connectivity index (χ2v) is 5.97. The number of aryl methyl sites for hydroxylation is 1. The van der Waals surface area contributed by atoms with Crippen molar-refractivity contribution in [3.63, 3.8) is 0 Å². The highest BCUT2D eigenvalue weighted by Crippen LogP contribution is 2.18. The summed E-state index contributed by atoms with van der Waals surface area (Å²) in [4.78, 5) is 14.3. The summed E-state index contributed by atoms with van der Waals surface area (Å²) in [6.45, 7) is 3.76. The molecule has 1 heterocycles. The van der Waals surface area contributed by atoms with Gasteiger partial charge in [-0.1, -0.05) is 31.2 Å². The summed E-state index contributed by atoms with van der Waals surface area (Å²) < 4.78 is 0. The van der Waals surface area contributed by atoms with Gasteiger partial charge >= 0.3 is 0 Å². The number of amides is 1. The first kappa shape index (κ1) is 18.9. The Bertz CT molecular complexity index is 455. The van der Waals surface area contributed by atoms with E-state index in [2.05, 4.69) is 60.8 Å². The topological polar surface area (TPSA) is 44.4 Å². The Kier molecular flexibility index (Phi) is 7.87. The summed E-state index contributed by atoms with van der Waals surface area (Å²) >= 11 is 0. The zero-order valence-electron chi connectivity index (χ0n) is 13.8. The normalized spacial score (nSPS) is 18.8. The molecule has 0 bridgehead atoms. The predicted octanol–water partition coefficient (Wildman–Crippen LogP) is 2.14. The third-order valence-electron chi connectivity index (χ3n) is 4.24. The first-order valence-electron chi connectivity index (χ1n) is 7.88. The molecule has 1 aliphatic rings. The Morgan fingerprint density at radius 1 is 1.36 bits per heavy atom. The molecule has 0 radical (unpaired) electrons. The quantitative estimate of drug-likeness (QED) is 0.842. The third-order valence-corrected chi connectivity index (χ3v) is 4.24. The molecular weight excluding hydrogens is 298 g/mol. The van der Waals surface area contributed by atoms with Crippen LogP contribution in [0.25, 0.3) is 0 Å². The van der Waals surface area contributed by atoms with E-state index in [1.165, 1.54) is 11.1 Å². The van der Waals surface area contributed by atoms with Gasteiger partial charge in [0.25, 0.3) is 0 Å².